The Labute approximate surface area is 112 Å². The molecule has 3 unspecified atom stereocenters. The lowest BCUT2D eigenvalue weighted by atomic mass is 9.83. The van der Waals surface area contributed by atoms with Gasteiger partial charge < -0.3 is 9.47 Å². The van der Waals surface area contributed by atoms with Crippen LogP contribution in [0.25, 0.3) is 0 Å². The molecule has 2 aliphatic rings. The predicted molar refractivity (Wildman–Crippen MR) is 73.6 cm³/mol. The van der Waals surface area contributed by atoms with Crippen molar-refractivity contribution in [3.63, 3.8) is 0 Å². The maximum absolute atomic E-state index is 6.03. The Hall–Kier alpha value is -0.120. The van der Waals surface area contributed by atoms with Crippen LogP contribution in [0.15, 0.2) is 0 Å². The zero-order valence-electron chi connectivity index (χ0n) is 12.4. The molecule has 0 aromatic rings. The molecular weight excluding hydrogens is 226 g/mol. The van der Waals surface area contributed by atoms with Crippen molar-refractivity contribution in [1.29, 1.82) is 0 Å². The van der Waals surface area contributed by atoms with Crippen LogP contribution in [-0.4, -0.2) is 43.5 Å². The second kappa shape index (κ2) is 5.89. The Balaban J connectivity index is 1.94. The summed E-state index contributed by atoms with van der Waals surface area (Å²) in [5, 5.41) is 0. The molecule has 0 bridgehead atoms. The highest BCUT2D eigenvalue weighted by atomic mass is 16.7. The molecule has 0 aromatic heterocycles. The van der Waals surface area contributed by atoms with Gasteiger partial charge in [-0.2, -0.15) is 0 Å². The van der Waals surface area contributed by atoms with E-state index in [1.807, 2.05) is 6.92 Å². The van der Waals surface area contributed by atoms with E-state index >= 15 is 0 Å². The zero-order chi connectivity index (χ0) is 13.2. The highest BCUT2D eigenvalue weighted by molar-refractivity contribution is 4.91. The first-order valence-corrected chi connectivity index (χ1v) is 7.44. The molecule has 0 aromatic carbocycles. The molecule has 3 atom stereocenters. The summed E-state index contributed by atoms with van der Waals surface area (Å²) in [6, 6.07) is 0.613. The predicted octanol–water partition coefficient (Wildman–Crippen LogP) is 3.04. The van der Waals surface area contributed by atoms with Crippen LogP contribution in [0, 0.1) is 5.41 Å². The first kappa shape index (κ1) is 14.3. The van der Waals surface area contributed by atoms with Gasteiger partial charge in [-0.15, -0.1) is 0 Å². The van der Waals surface area contributed by atoms with Crippen molar-refractivity contribution in [3.05, 3.63) is 0 Å². The molecule has 1 aliphatic heterocycles. The molecule has 1 aliphatic carbocycles. The zero-order valence-corrected chi connectivity index (χ0v) is 12.4. The number of nitrogens with zero attached hydrogens (tertiary/aromatic N) is 1. The Kier molecular flexibility index (Phi) is 4.68. The average Bonchev–Trinajstić information content (AvgIpc) is 2.75. The van der Waals surface area contributed by atoms with Crippen molar-refractivity contribution >= 4 is 0 Å². The van der Waals surface area contributed by atoms with Crippen molar-refractivity contribution in [2.24, 2.45) is 5.41 Å². The third-order valence-corrected chi connectivity index (χ3v) is 4.52. The molecule has 1 heterocycles. The van der Waals surface area contributed by atoms with Gasteiger partial charge in [-0.25, -0.2) is 0 Å². The summed E-state index contributed by atoms with van der Waals surface area (Å²) in [5.41, 5.74) is 0.470. The van der Waals surface area contributed by atoms with E-state index in [4.69, 9.17) is 9.47 Å². The third kappa shape index (κ3) is 3.46. The summed E-state index contributed by atoms with van der Waals surface area (Å²) in [4.78, 5) is 2.67. The van der Waals surface area contributed by atoms with Crippen molar-refractivity contribution in [1.82, 2.24) is 4.90 Å². The summed E-state index contributed by atoms with van der Waals surface area (Å²) in [5.74, 6) is 0. The minimum absolute atomic E-state index is 0.0756. The number of methoxy groups -OCH3 is 1. The topological polar surface area (TPSA) is 21.7 Å². The minimum atomic E-state index is -0.0756. The molecule has 1 saturated heterocycles. The average molecular weight is 255 g/mol. The molecule has 18 heavy (non-hydrogen) atoms. The maximum Gasteiger partial charge on any atom is 0.154 e. The van der Waals surface area contributed by atoms with Crippen LogP contribution in [-0.2, 0) is 9.47 Å². The molecule has 3 heteroatoms. The molecule has 0 spiro atoms. The van der Waals surface area contributed by atoms with Crippen LogP contribution in [0.5, 0.6) is 0 Å². The van der Waals surface area contributed by atoms with E-state index in [1.54, 1.807) is 7.11 Å². The summed E-state index contributed by atoms with van der Waals surface area (Å²) in [6.45, 7) is 9.24. The number of piperidine rings is 1. The fourth-order valence-electron chi connectivity index (χ4n) is 3.54. The summed E-state index contributed by atoms with van der Waals surface area (Å²) < 4.78 is 11.3. The van der Waals surface area contributed by atoms with E-state index in [0.29, 0.717) is 17.6 Å². The van der Waals surface area contributed by atoms with Gasteiger partial charge in [0.1, 0.15) is 0 Å². The molecule has 2 rings (SSSR count). The van der Waals surface area contributed by atoms with Crippen molar-refractivity contribution in [2.45, 2.75) is 71.3 Å². The highest BCUT2D eigenvalue weighted by Crippen LogP contribution is 2.35. The lowest BCUT2D eigenvalue weighted by Gasteiger charge is -2.43. The monoisotopic (exact) mass is 255 g/mol. The molecular formula is C15H29NO2. The van der Waals surface area contributed by atoms with Gasteiger partial charge in [0, 0.05) is 19.7 Å². The minimum Gasteiger partial charge on any atom is -0.356 e. The van der Waals surface area contributed by atoms with Gasteiger partial charge in [0.05, 0.1) is 6.10 Å². The fraction of sp³-hybridized carbons (Fsp3) is 1.00. The van der Waals surface area contributed by atoms with Crippen LogP contribution >= 0.6 is 0 Å². The van der Waals surface area contributed by atoms with Crippen molar-refractivity contribution in [2.75, 3.05) is 20.2 Å². The van der Waals surface area contributed by atoms with E-state index in [2.05, 4.69) is 18.7 Å². The Morgan fingerprint density at radius 1 is 1.22 bits per heavy atom. The SMILES string of the molecule is COC(C)OC1CCCC1N1CCCC(C)(C)C1. The summed E-state index contributed by atoms with van der Waals surface area (Å²) in [7, 11) is 1.72. The second-order valence-electron chi connectivity index (χ2n) is 6.71. The van der Waals surface area contributed by atoms with Gasteiger partial charge in [0.2, 0.25) is 0 Å². The van der Waals surface area contributed by atoms with E-state index in [-0.39, 0.29) is 6.29 Å². The van der Waals surface area contributed by atoms with Gasteiger partial charge in [0.25, 0.3) is 0 Å². The molecule has 0 radical (unpaired) electrons. The van der Waals surface area contributed by atoms with E-state index < -0.39 is 0 Å². The molecule has 1 saturated carbocycles. The summed E-state index contributed by atoms with van der Waals surface area (Å²) >= 11 is 0. The molecule has 3 nitrogen and oxygen atoms in total. The number of hydrogen-bond donors (Lipinski definition) is 0. The van der Waals surface area contributed by atoms with Gasteiger partial charge in [-0.3, -0.25) is 4.90 Å². The van der Waals surface area contributed by atoms with E-state index in [9.17, 15) is 0 Å². The van der Waals surface area contributed by atoms with Crippen LogP contribution in [0.4, 0.5) is 0 Å². The first-order valence-electron chi connectivity index (χ1n) is 7.44. The van der Waals surface area contributed by atoms with Gasteiger partial charge in [-0.1, -0.05) is 13.8 Å². The van der Waals surface area contributed by atoms with Gasteiger partial charge in [-0.05, 0) is 51.0 Å². The smallest absolute Gasteiger partial charge is 0.154 e. The van der Waals surface area contributed by atoms with Crippen LogP contribution in [0.1, 0.15) is 52.9 Å². The van der Waals surface area contributed by atoms with E-state index in [1.165, 1.54) is 45.2 Å². The van der Waals surface area contributed by atoms with Crippen molar-refractivity contribution < 1.29 is 9.47 Å². The van der Waals surface area contributed by atoms with Crippen LogP contribution in [0.2, 0.25) is 0 Å². The normalized spacial score (nSPS) is 34.7. The number of hydrogen-bond acceptors (Lipinski definition) is 3. The fourth-order valence-corrected chi connectivity index (χ4v) is 3.54. The van der Waals surface area contributed by atoms with Crippen LogP contribution in [0.3, 0.4) is 0 Å². The Morgan fingerprint density at radius 2 is 2.00 bits per heavy atom. The molecule has 2 fully saturated rings. The number of ether oxygens (including phenoxy) is 2. The summed E-state index contributed by atoms with van der Waals surface area (Å²) in [6.07, 6.45) is 6.75. The molecule has 0 amide bonds. The second-order valence-corrected chi connectivity index (χ2v) is 6.71. The lowest BCUT2D eigenvalue weighted by Crippen LogP contribution is -2.49. The van der Waals surface area contributed by atoms with E-state index in [0.717, 1.165) is 0 Å². The molecule has 106 valence electrons. The third-order valence-electron chi connectivity index (χ3n) is 4.52. The lowest BCUT2D eigenvalue weighted by molar-refractivity contribution is -0.158. The largest absolute Gasteiger partial charge is 0.356 e. The number of rotatable bonds is 4. The standard InChI is InChI=1S/C15H29NO2/c1-12(17-4)18-14-8-5-7-13(14)16-10-6-9-15(2,3)11-16/h12-14H,5-11H2,1-4H3. The van der Waals surface area contributed by atoms with Gasteiger partial charge >= 0.3 is 0 Å². The Morgan fingerprint density at radius 3 is 2.67 bits per heavy atom. The maximum atomic E-state index is 6.03. The van der Waals surface area contributed by atoms with Crippen molar-refractivity contribution in [3.8, 4) is 0 Å². The number of likely N-dealkylation sites (tertiary alicyclic amines) is 1. The van der Waals surface area contributed by atoms with Gasteiger partial charge in [0.15, 0.2) is 6.29 Å². The van der Waals surface area contributed by atoms with Crippen LogP contribution < -0.4 is 0 Å². The quantitative estimate of drug-likeness (QED) is 0.721. The molecule has 0 N–H and O–H groups in total. The Bertz CT molecular complexity index is 267. The first-order chi connectivity index (χ1) is 8.52. The highest BCUT2D eigenvalue weighted by Gasteiger charge is 2.37.